The molecule has 2 nitrogen and oxygen atoms in total. The molecule has 0 aromatic heterocycles. The van der Waals surface area contributed by atoms with E-state index in [1.165, 1.54) is 66.7 Å². The van der Waals surface area contributed by atoms with Gasteiger partial charge in [0, 0.05) is 39.4 Å². The summed E-state index contributed by atoms with van der Waals surface area (Å²) < 4.78 is 0. The van der Waals surface area contributed by atoms with Crippen LogP contribution in [-0.4, -0.2) is 0 Å². The number of nitrogens with zero attached hydrogens (tertiary/aromatic N) is 2. The molecule has 264 valence electrons. The second-order valence-electron chi connectivity index (χ2n) is 15.3. The molecule has 0 aliphatic heterocycles. The molecule has 0 heterocycles. The second-order valence-corrected chi connectivity index (χ2v) is 15.3. The molecular formula is C53H42N2. The zero-order chi connectivity index (χ0) is 36.9. The van der Waals surface area contributed by atoms with Crippen LogP contribution in [0.1, 0.15) is 42.5 Å². The second kappa shape index (κ2) is 13.3. The summed E-state index contributed by atoms with van der Waals surface area (Å²) in [6.07, 6.45) is 6.68. The highest BCUT2D eigenvalue weighted by Crippen LogP contribution is 2.57. The van der Waals surface area contributed by atoms with Gasteiger partial charge in [0.25, 0.3) is 0 Å². The van der Waals surface area contributed by atoms with E-state index >= 15 is 0 Å². The summed E-state index contributed by atoms with van der Waals surface area (Å²) in [5, 5.41) is 2.45. The van der Waals surface area contributed by atoms with Gasteiger partial charge in [-0.15, -0.1) is 0 Å². The Labute approximate surface area is 324 Å². The van der Waals surface area contributed by atoms with E-state index in [0.29, 0.717) is 0 Å². The van der Waals surface area contributed by atoms with E-state index in [1.807, 2.05) is 0 Å². The molecule has 0 N–H and O–H groups in total. The average Bonchev–Trinajstić information content (AvgIpc) is 3.47. The van der Waals surface area contributed by atoms with Crippen LogP contribution in [0.2, 0.25) is 0 Å². The lowest BCUT2D eigenvalue weighted by atomic mass is 9.81. The number of aryl methyl sites for hydroxylation is 1. The first-order chi connectivity index (χ1) is 27.0. The molecule has 8 aromatic rings. The van der Waals surface area contributed by atoms with Gasteiger partial charge in [0.05, 0.1) is 5.69 Å². The van der Waals surface area contributed by atoms with Gasteiger partial charge in [-0.25, -0.2) is 0 Å². The minimum atomic E-state index is -0.269. The number of rotatable bonds is 7. The first kappa shape index (κ1) is 33.0. The lowest BCUT2D eigenvalue weighted by molar-refractivity contribution is 0.660. The van der Waals surface area contributed by atoms with Crippen molar-refractivity contribution in [2.24, 2.45) is 0 Å². The Morgan fingerprint density at radius 1 is 0.455 bits per heavy atom. The van der Waals surface area contributed by atoms with Gasteiger partial charge in [-0.1, -0.05) is 141 Å². The number of allylic oxidation sites excluding steroid dienone is 1. The van der Waals surface area contributed by atoms with E-state index in [9.17, 15) is 0 Å². The molecule has 55 heavy (non-hydrogen) atoms. The Hall–Kier alpha value is -6.64. The molecule has 2 aliphatic carbocycles. The maximum atomic E-state index is 2.50. The van der Waals surface area contributed by atoms with Gasteiger partial charge in [-0.3, -0.25) is 0 Å². The molecule has 0 amide bonds. The Balaban J connectivity index is 1.27. The van der Waals surface area contributed by atoms with E-state index in [0.717, 1.165) is 35.6 Å². The quantitative estimate of drug-likeness (QED) is 0.163. The fourth-order valence-corrected chi connectivity index (χ4v) is 8.83. The third kappa shape index (κ3) is 5.73. The third-order valence-corrected chi connectivity index (χ3v) is 11.6. The molecule has 0 spiro atoms. The van der Waals surface area contributed by atoms with Crippen molar-refractivity contribution >= 4 is 51.0 Å². The molecular weight excluding hydrogens is 665 g/mol. The normalized spacial score (nSPS) is 13.6. The van der Waals surface area contributed by atoms with Crippen molar-refractivity contribution in [3.05, 3.63) is 210 Å². The van der Waals surface area contributed by atoms with Gasteiger partial charge in [-0.2, -0.15) is 0 Å². The summed E-state index contributed by atoms with van der Waals surface area (Å²) in [4.78, 5) is 4.94. The molecule has 0 saturated heterocycles. The van der Waals surface area contributed by atoms with Gasteiger partial charge in [0.1, 0.15) is 0 Å². The summed E-state index contributed by atoms with van der Waals surface area (Å²) in [6, 6.07) is 67.0. The number of benzene rings is 8. The standard InChI is InChI=1S/C53H42N2/c1-53(2)49-34-42(37-16-6-3-7-17-37)28-31-48(49)52-50(53)35-47(54(43-22-8-4-9-23-43)45-29-26-38-18-12-14-20-40(38)32-45)36-51(52)55(44-24-10-5-11-25-44)46-30-27-39-19-13-15-21-41(39)33-46/h3-14,16-20,22-36H,15,21H2,1-2H3. The topological polar surface area (TPSA) is 6.48 Å². The van der Waals surface area contributed by atoms with Crippen molar-refractivity contribution in [3.63, 3.8) is 0 Å². The van der Waals surface area contributed by atoms with Crippen molar-refractivity contribution in [2.75, 3.05) is 9.80 Å². The monoisotopic (exact) mass is 706 g/mol. The van der Waals surface area contributed by atoms with Gasteiger partial charge < -0.3 is 9.80 Å². The molecule has 0 unspecified atom stereocenters. The Kier molecular flexibility index (Phi) is 7.99. The highest BCUT2D eigenvalue weighted by atomic mass is 15.2. The molecule has 0 saturated carbocycles. The minimum absolute atomic E-state index is 0.269. The Morgan fingerprint density at radius 2 is 1.11 bits per heavy atom. The number of fused-ring (bicyclic) bond motifs is 5. The highest BCUT2D eigenvalue weighted by molar-refractivity contribution is 5.99. The van der Waals surface area contributed by atoms with E-state index < -0.39 is 0 Å². The predicted octanol–water partition coefficient (Wildman–Crippen LogP) is 14.7. The number of hydrogen-bond acceptors (Lipinski definition) is 2. The molecule has 10 rings (SSSR count). The van der Waals surface area contributed by atoms with Crippen LogP contribution in [0.3, 0.4) is 0 Å². The zero-order valence-electron chi connectivity index (χ0n) is 31.3. The summed E-state index contributed by atoms with van der Waals surface area (Å²) >= 11 is 0. The van der Waals surface area contributed by atoms with Crippen molar-refractivity contribution in [2.45, 2.75) is 32.1 Å². The van der Waals surface area contributed by atoms with Crippen LogP contribution in [0.4, 0.5) is 34.1 Å². The van der Waals surface area contributed by atoms with Crippen LogP contribution < -0.4 is 9.80 Å². The molecule has 0 fully saturated rings. The first-order valence-corrected chi connectivity index (χ1v) is 19.4. The fourth-order valence-electron chi connectivity index (χ4n) is 8.83. The Morgan fingerprint density at radius 3 is 1.87 bits per heavy atom. The predicted molar refractivity (Wildman–Crippen MR) is 234 cm³/mol. The SMILES string of the molecule is CC1(C)c2cc(-c3ccccc3)ccc2-c2c(N(c3ccccc3)c3ccc4c(c3)CCC=C4)cc(N(c3ccccc3)c3ccc4ccccc4c3)cc21. The van der Waals surface area contributed by atoms with Crippen LogP contribution >= 0.6 is 0 Å². The number of anilines is 6. The van der Waals surface area contributed by atoms with Gasteiger partial charge in [0.15, 0.2) is 0 Å². The van der Waals surface area contributed by atoms with Crippen molar-refractivity contribution in [1.29, 1.82) is 0 Å². The lowest BCUT2D eigenvalue weighted by Gasteiger charge is -2.33. The highest BCUT2D eigenvalue weighted by Gasteiger charge is 2.39. The van der Waals surface area contributed by atoms with E-state index in [1.54, 1.807) is 0 Å². The van der Waals surface area contributed by atoms with Gasteiger partial charge in [0.2, 0.25) is 0 Å². The summed E-state index contributed by atoms with van der Waals surface area (Å²) in [5.74, 6) is 0. The van der Waals surface area contributed by atoms with E-state index in [2.05, 4.69) is 218 Å². The number of hydrogen-bond donors (Lipinski definition) is 0. The summed E-state index contributed by atoms with van der Waals surface area (Å²) in [5.41, 5.74) is 17.0. The lowest BCUT2D eigenvalue weighted by Crippen LogP contribution is -2.18. The van der Waals surface area contributed by atoms with Crippen LogP contribution in [0.5, 0.6) is 0 Å². The van der Waals surface area contributed by atoms with Gasteiger partial charge in [-0.05, 0) is 129 Å². The van der Waals surface area contributed by atoms with E-state index in [-0.39, 0.29) is 5.41 Å². The van der Waals surface area contributed by atoms with Crippen molar-refractivity contribution < 1.29 is 0 Å². The van der Waals surface area contributed by atoms with Crippen LogP contribution in [0.25, 0.3) is 39.1 Å². The smallest absolute Gasteiger partial charge is 0.0564 e. The van der Waals surface area contributed by atoms with Crippen LogP contribution in [-0.2, 0) is 11.8 Å². The average molecular weight is 707 g/mol. The largest absolute Gasteiger partial charge is 0.310 e. The fraction of sp³-hybridized carbons (Fsp3) is 0.0943. The maximum Gasteiger partial charge on any atom is 0.0564 e. The van der Waals surface area contributed by atoms with Gasteiger partial charge >= 0.3 is 0 Å². The molecule has 0 bridgehead atoms. The third-order valence-electron chi connectivity index (χ3n) is 11.6. The number of para-hydroxylation sites is 2. The molecule has 8 aromatic carbocycles. The maximum absolute atomic E-state index is 2.50. The summed E-state index contributed by atoms with van der Waals surface area (Å²) in [7, 11) is 0. The first-order valence-electron chi connectivity index (χ1n) is 19.4. The molecule has 0 atom stereocenters. The van der Waals surface area contributed by atoms with Crippen molar-refractivity contribution in [3.8, 4) is 22.3 Å². The van der Waals surface area contributed by atoms with Crippen LogP contribution in [0.15, 0.2) is 188 Å². The molecule has 2 aliphatic rings. The zero-order valence-corrected chi connectivity index (χ0v) is 31.3. The van der Waals surface area contributed by atoms with E-state index in [4.69, 9.17) is 0 Å². The summed E-state index contributed by atoms with van der Waals surface area (Å²) in [6.45, 7) is 4.81. The molecule has 2 heteroatoms. The molecule has 0 radical (unpaired) electrons. The minimum Gasteiger partial charge on any atom is -0.310 e. The van der Waals surface area contributed by atoms with Crippen molar-refractivity contribution in [1.82, 2.24) is 0 Å². The van der Waals surface area contributed by atoms with Crippen LogP contribution in [0, 0.1) is 0 Å². The Bertz CT molecular complexity index is 2730.